The van der Waals surface area contributed by atoms with E-state index in [1.54, 1.807) is 19.4 Å². The molecule has 1 fully saturated rings. The van der Waals surface area contributed by atoms with Crippen LogP contribution < -0.4 is 16.2 Å². The second-order valence-corrected chi connectivity index (χ2v) is 3.77. The van der Waals surface area contributed by atoms with Crippen molar-refractivity contribution in [2.24, 2.45) is 7.05 Å². The first-order chi connectivity index (χ1) is 7.77. The molecule has 0 radical (unpaired) electrons. The Morgan fingerprint density at radius 1 is 1.75 bits per heavy atom. The molecule has 1 atom stereocenters. The van der Waals surface area contributed by atoms with Gasteiger partial charge in [0, 0.05) is 39.1 Å². The van der Waals surface area contributed by atoms with Gasteiger partial charge >= 0.3 is 0 Å². The summed E-state index contributed by atoms with van der Waals surface area (Å²) < 4.78 is 7.00. The first kappa shape index (κ1) is 11.1. The molecule has 1 aromatic heterocycles. The van der Waals surface area contributed by atoms with Crippen LogP contribution in [0, 0.1) is 0 Å². The van der Waals surface area contributed by atoms with E-state index >= 15 is 0 Å². The van der Waals surface area contributed by atoms with Gasteiger partial charge < -0.3 is 19.9 Å². The number of aromatic nitrogens is 2. The van der Waals surface area contributed by atoms with E-state index in [1.165, 1.54) is 4.57 Å². The molecule has 1 saturated heterocycles. The molecule has 6 heteroatoms. The van der Waals surface area contributed by atoms with Crippen LogP contribution in [0.1, 0.15) is 0 Å². The van der Waals surface area contributed by atoms with Crippen molar-refractivity contribution >= 4 is 5.82 Å². The van der Waals surface area contributed by atoms with Crippen molar-refractivity contribution < 1.29 is 4.74 Å². The van der Waals surface area contributed by atoms with Gasteiger partial charge in [0.25, 0.3) is 5.56 Å². The van der Waals surface area contributed by atoms with Crippen molar-refractivity contribution in [2.75, 3.05) is 31.6 Å². The summed E-state index contributed by atoms with van der Waals surface area (Å²) in [6.45, 7) is 3.01. The molecule has 0 spiro atoms. The lowest BCUT2D eigenvalue weighted by atomic mass is 10.3. The Labute approximate surface area is 93.6 Å². The molecule has 6 nitrogen and oxygen atoms in total. The highest BCUT2D eigenvalue weighted by molar-refractivity contribution is 5.30. The fraction of sp³-hybridized carbons (Fsp3) is 0.600. The summed E-state index contributed by atoms with van der Waals surface area (Å²) >= 11 is 0. The Morgan fingerprint density at radius 3 is 3.38 bits per heavy atom. The molecule has 1 aromatic rings. The molecular formula is C10H16N4O2. The maximum absolute atomic E-state index is 11.6. The third-order valence-electron chi connectivity index (χ3n) is 2.52. The van der Waals surface area contributed by atoms with E-state index < -0.39 is 0 Å². The van der Waals surface area contributed by atoms with E-state index in [2.05, 4.69) is 15.6 Å². The molecule has 2 heterocycles. The molecule has 16 heavy (non-hydrogen) atoms. The highest BCUT2D eigenvalue weighted by Crippen LogP contribution is 1.98. The fourth-order valence-electron chi connectivity index (χ4n) is 1.58. The second kappa shape index (κ2) is 5.09. The van der Waals surface area contributed by atoms with Crippen molar-refractivity contribution in [3.05, 3.63) is 22.7 Å². The average molecular weight is 224 g/mol. The van der Waals surface area contributed by atoms with E-state index in [1.807, 2.05) is 0 Å². The monoisotopic (exact) mass is 224 g/mol. The highest BCUT2D eigenvalue weighted by atomic mass is 16.5. The van der Waals surface area contributed by atoms with Crippen molar-refractivity contribution in [1.82, 2.24) is 14.9 Å². The Bertz CT molecular complexity index is 398. The fourth-order valence-corrected chi connectivity index (χ4v) is 1.58. The van der Waals surface area contributed by atoms with E-state index in [0.29, 0.717) is 19.0 Å². The number of ether oxygens (including phenoxy) is 1. The van der Waals surface area contributed by atoms with Gasteiger partial charge in [0.1, 0.15) is 0 Å². The quantitative estimate of drug-likeness (QED) is 0.702. The summed E-state index contributed by atoms with van der Waals surface area (Å²) in [5, 5.41) is 6.24. The normalized spacial score (nSPS) is 20.7. The molecule has 0 aromatic carbocycles. The van der Waals surface area contributed by atoms with Crippen LogP contribution in [-0.2, 0) is 11.8 Å². The summed E-state index contributed by atoms with van der Waals surface area (Å²) in [5.74, 6) is 0.374. The minimum atomic E-state index is -0.119. The number of morpholine rings is 1. The van der Waals surface area contributed by atoms with Gasteiger partial charge in [0.15, 0.2) is 5.82 Å². The minimum Gasteiger partial charge on any atom is -0.374 e. The lowest BCUT2D eigenvalue weighted by Crippen LogP contribution is -2.42. The average Bonchev–Trinajstić information content (AvgIpc) is 2.32. The van der Waals surface area contributed by atoms with Crippen LogP contribution in [0.25, 0.3) is 0 Å². The van der Waals surface area contributed by atoms with E-state index in [0.717, 1.165) is 13.1 Å². The van der Waals surface area contributed by atoms with E-state index in [-0.39, 0.29) is 11.7 Å². The van der Waals surface area contributed by atoms with Gasteiger partial charge in [0.05, 0.1) is 12.7 Å². The minimum absolute atomic E-state index is 0.0977. The molecule has 0 unspecified atom stereocenters. The van der Waals surface area contributed by atoms with Gasteiger partial charge in [-0.2, -0.15) is 0 Å². The molecule has 0 amide bonds. The standard InChI is InChI=1S/C10H16N4O2/c1-14-4-2-12-9(10(14)15)13-7-8-6-11-3-5-16-8/h2,4,8,11H,3,5-7H2,1H3,(H,12,13)/t8-/m0/s1. The van der Waals surface area contributed by atoms with Crippen LogP contribution in [0.4, 0.5) is 5.82 Å². The van der Waals surface area contributed by atoms with E-state index in [4.69, 9.17) is 4.74 Å². The first-order valence-electron chi connectivity index (χ1n) is 5.35. The van der Waals surface area contributed by atoms with Crippen LogP contribution in [0.15, 0.2) is 17.2 Å². The summed E-state index contributed by atoms with van der Waals surface area (Å²) in [6.07, 6.45) is 3.33. The van der Waals surface area contributed by atoms with Crippen molar-refractivity contribution in [1.29, 1.82) is 0 Å². The lowest BCUT2D eigenvalue weighted by Gasteiger charge is -2.23. The van der Waals surface area contributed by atoms with Gasteiger partial charge in [-0.15, -0.1) is 0 Å². The van der Waals surface area contributed by atoms with Crippen molar-refractivity contribution in [3.8, 4) is 0 Å². The van der Waals surface area contributed by atoms with Crippen LogP contribution in [0.2, 0.25) is 0 Å². The molecule has 2 rings (SSSR count). The molecule has 88 valence electrons. The predicted octanol–water partition coefficient (Wildman–Crippen LogP) is -0.819. The lowest BCUT2D eigenvalue weighted by molar-refractivity contribution is 0.0371. The van der Waals surface area contributed by atoms with Gasteiger partial charge in [-0.25, -0.2) is 4.98 Å². The number of aryl methyl sites for hydroxylation is 1. The van der Waals surface area contributed by atoms with Gasteiger partial charge in [-0.3, -0.25) is 4.79 Å². The SMILES string of the molecule is Cn1ccnc(NC[C@@H]2CNCCO2)c1=O. The topological polar surface area (TPSA) is 68.2 Å². The third kappa shape index (κ3) is 2.59. The highest BCUT2D eigenvalue weighted by Gasteiger charge is 2.13. The third-order valence-corrected chi connectivity index (χ3v) is 2.52. The molecule has 1 aliphatic heterocycles. The van der Waals surface area contributed by atoms with Crippen molar-refractivity contribution in [3.63, 3.8) is 0 Å². The summed E-state index contributed by atoms with van der Waals surface area (Å²) in [7, 11) is 1.70. The number of hydrogen-bond acceptors (Lipinski definition) is 5. The molecule has 0 aliphatic carbocycles. The maximum Gasteiger partial charge on any atom is 0.293 e. The Balaban J connectivity index is 1.94. The Kier molecular flexibility index (Phi) is 3.53. The van der Waals surface area contributed by atoms with Gasteiger partial charge in [-0.05, 0) is 0 Å². The zero-order valence-electron chi connectivity index (χ0n) is 9.27. The summed E-state index contributed by atoms with van der Waals surface area (Å²) in [4.78, 5) is 15.6. The van der Waals surface area contributed by atoms with Crippen molar-refractivity contribution in [2.45, 2.75) is 6.10 Å². The Morgan fingerprint density at radius 2 is 2.62 bits per heavy atom. The number of rotatable bonds is 3. The number of anilines is 1. The van der Waals surface area contributed by atoms with Crippen LogP contribution in [0.3, 0.4) is 0 Å². The largest absolute Gasteiger partial charge is 0.374 e. The first-order valence-corrected chi connectivity index (χ1v) is 5.35. The number of nitrogens with zero attached hydrogens (tertiary/aromatic N) is 2. The predicted molar refractivity (Wildman–Crippen MR) is 60.6 cm³/mol. The number of hydrogen-bond donors (Lipinski definition) is 2. The van der Waals surface area contributed by atoms with E-state index in [9.17, 15) is 4.79 Å². The molecule has 1 aliphatic rings. The van der Waals surface area contributed by atoms with Crippen LogP contribution in [-0.4, -0.2) is 41.9 Å². The summed E-state index contributed by atoms with van der Waals surface area (Å²) in [6, 6.07) is 0. The second-order valence-electron chi connectivity index (χ2n) is 3.77. The Hall–Kier alpha value is -1.40. The smallest absolute Gasteiger partial charge is 0.293 e. The summed E-state index contributed by atoms with van der Waals surface area (Å²) in [5.41, 5.74) is -0.119. The molecule has 0 bridgehead atoms. The molecule has 2 N–H and O–H groups in total. The molecule has 0 saturated carbocycles. The molecular weight excluding hydrogens is 208 g/mol. The van der Waals surface area contributed by atoms with Crippen LogP contribution >= 0.6 is 0 Å². The van der Waals surface area contributed by atoms with Gasteiger partial charge in [-0.1, -0.05) is 0 Å². The zero-order chi connectivity index (χ0) is 11.4. The maximum atomic E-state index is 11.6. The zero-order valence-corrected chi connectivity index (χ0v) is 9.27. The van der Waals surface area contributed by atoms with Crippen LogP contribution in [0.5, 0.6) is 0 Å². The number of nitrogens with one attached hydrogen (secondary N) is 2. The van der Waals surface area contributed by atoms with Gasteiger partial charge in [0.2, 0.25) is 0 Å².